The van der Waals surface area contributed by atoms with Crippen molar-refractivity contribution >= 4 is 23.5 Å². The number of nitrogens with one attached hydrogen (secondary N) is 1. The van der Waals surface area contributed by atoms with Crippen LogP contribution in [0.15, 0.2) is 35.5 Å². The first-order chi connectivity index (χ1) is 14.7. The van der Waals surface area contributed by atoms with Gasteiger partial charge in [-0.1, -0.05) is 30.0 Å². The van der Waals surface area contributed by atoms with E-state index in [1.807, 2.05) is 30.3 Å². The minimum atomic E-state index is -0.0832. The Bertz CT molecular complexity index is 1070. The predicted molar refractivity (Wildman–Crippen MR) is 111 cm³/mol. The molecular weight excluding hydrogens is 402 g/mol. The fourth-order valence-electron chi connectivity index (χ4n) is 3.03. The SMILES string of the molecule is N#Cc1c(CCCNC(=O)CSc2nnnn2C2CC2)nn(-c2ccccc2)c1N. The molecule has 2 heterocycles. The first kappa shape index (κ1) is 19.9. The van der Waals surface area contributed by atoms with Crippen LogP contribution >= 0.6 is 11.8 Å². The van der Waals surface area contributed by atoms with Gasteiger partial charge in [0.1, 0.15) is 17.5 Å². The van der Waals surface area contributed by atoms with Gasteiger partial charge in [0.05, 0.1) is 23.2 Å². The van der Waals surface area contributed by atoms with Gasteiger partial charge in [-0.05, 0) is 48.2 Å². The Hall–Kier alpha value is -3.39. The van der Waals surface area contributed by atoms with Gasteiger partial charge in [-0.2, -0.15) is 10.4 Å². The van der Waals surface area contributed by atoms with Gasteiger partial charge in [-0.25, -0.2) is 9.36 Å². The van der Waals surface area contributed by atoms with Crippen molar-refractivity contribution in [1.82, 2.24) is 35.3 Å². The van der Waals surface area contributed by atoms with Crippen molar-refractivity contribution in [2.45, 2.75) is 36.9 Å². The quantitative estimate of drug-likeness (QED) is 0.390. The van der Waals surface area contributed by atoms with E-state index in [4.69, 9.17) is 5.73 Å². The van der Waals surface area contributed by atoms with E-state index >= 15 is 0 Å². The third-order valence-corrected chi connectivity index (χ3v) is 5.64. The second-order valence-corrected chi connectivity index (χ2v) is 7.89. The van der Waals surface area contributed by atoms with E-state index in [0.29, 0.717) is 47.7 Å². The number of carbonyl (C=O) groups excluding carboxylic acids is 1. The van der Waals surface area contributed by atoms with Crippen LogP contribution in [0.25, 0.3) is 5.69 Å². The molecule has 0 saturated heterocycles. The molecule has 0 atom stereocenters. The molecule has 3 N–H and O–H groups in total. The zero-order chi connectivity index (χ0) is 20.9. The van der Waals surface area contributed by atoms with Crippen LogP contribution in [0.2, 0.25) is 0 Å². The molecule has 1 aliphatic rings. The van der Waals surface area contributed by atoms with Crippen molar-refractivity contribution < 1.29 is 4.79 Å². The molecule has 0 spiro atoms. The maximum atomic E-state index is 12.1. The number of amides is 1. The zero-order valence-electron chi connectivity index (χ0n) is 16.2. The average molecular weight is 424 g/mol. The fraction of sp³-hybridized carbons (Fsp3) is 0.368. The van der Waals surface area contributed by atoms with E-state index in [2.05, 4.69) is 32.0 Å². The van der Waals surface area contributed by atoms with E-state index in [0.717, 1.165) is 18.5 Å². The van der Waals surface area contributed by atoms with Gasteiger partial charge in [0.25, 0.3) is 0 Å². The zero-order valence-corrected chi connectivity index (χ0v) is 17.0. The smallest absolute Gasteiger partial charge is 0.230 e. The highest BCUT2D eigenvalue weighted by Gasteiger charge is 2.28. The molecule has 1 fully saturated rings. The van der Waals surface area contributed by atoms with E-state index in [9.17, 15) is 10.1 Å². The number of anilines is 1. The molecule has 0 bridgehead atoms. The van der Waals surface area contributed by atoms with Gasteiger partial charge in [-0.3, -0.25) is 4.79 Å². The average Bonchev–Trinajstić information content (AvgIpc) is 3.41. The molecule has 1 saturated carbocycles. The van der Waals surface area contributed by atoms with Gasteiger partial charge in [0, 0.05) is 6.54 Å². The molecule has 0 aliphatic heterocycles. The summed E-state index contributed by atoms with van der Waals surface area (Å²) in [7, 11) is 0. The number of tetrazole rings is 1. The molecule has 154 valence electrons. The minimum absolute atomic E-state index is 0.0832. The Morgan fingerprint density at radius 3 is 2.87 bits per heavy atom. The Labute approximate surface area is 177 Å². The number of aromatic nitrogens is 6. The van der Waals surface area contributed by atoms with Crippen LogP contribution in [-0.2, 0) is 11.2 Å². The lowest BCUT2D eigenvalue weighted by atomic mass is 10.1. The van der Waals surface area contributed by atoms with Gasteiger partial charge in [-0.15, -0.1) is 5.10 Å². The number of nitriles is 1. The Morgan fingerprint density at radius 2 is 2.13 bits per heavy atom. The van der Waals surface area contributed by atoms with Crippen molar-refractivity contribution in [2.75, 3.05) is 18.0 Å². The molecular formula is C19H21N9OS. The molecule has 10 nitrogen and oxygen atoms in total. The number of hydrogen-bond acceptors (Lipinski definition) is 8. The highest BCUT2D eigenvalue weighted by atomic mass is 32.2. The van der Waals surface area contributed by atoms with Crippen LogP contribution in [0, 0.1) is 11.3 Å². The summed E-state index contributed by atoms with van der Waals surface area (Å²) in [6.45, 7) is 0.482. The van der Waals surface area contributed by atoms with E-state index in [1.165, 1.54) is 11.8 Å². The molecule has 1 aromatic carbocycles. The normalized spacial score (nSPS) is 13.2. The maximum absolute atomic E-state index is 12.1. The Morgan fingerprint density at radius 1 is 1.33 bits per heavy atom. The molecule has 3 aromatic rings. The molecule has 11 heteroatoms. The summed E-state index contributed by atoms with van der Waals surface area (Å²) in [5, 5.41) is 29.1. The summed E-state index contributed by atoms with van der Waals surface area (Å²) in [5.74, 6) is 0.499. The molecule has 1 amide bonds. The number of nitrogens with zero attached hydrogens (tertiary/aromatic N) is 7. The van der Waals surface area contributed by atoms with E-state index in [1.54, 1.807) is 9.36 Å². The van der Waals surface area contributed by atoms with Gasteiger partial charge in [0.2, 0.25) is 11.1 Å². The Balaban J connectivity index is 1.26. The second kappa shape index (κ2) is 8.96. The van der Waals surface area contributed by atoms with Crippen LogP contribution < -0.4 is 11.1 Å². The lowest BCUT2D eigenvalue weighted by Crippen LogP contribution is -2.26. The molecule has 4 rings (SSSR count). The third-order valence-electron chi connectivity index (χ3n) is 4.71. The van der Waals surface area contributed by atoms with Crippen molar-refractivity contribution in [3.05, 3.63) is 41.6 Å². The number of rotatable bonds is 9. The van der Waals surface area contributed by atoms with Crippen LogP contribution in [-0.4, -0.2) is 48.2 Å². The van der Waals surface area contributed by atoms with Crippen LogP contribution in [0.1, 0.15) is 36.6 Å². The highest BCUT2D eigenvalue weighted by molar-refractivity contribution is 7.99. The summed E-state index contributed by atoms with van der Waals surface area (Å²) < 4.78 is 3.36. The minimum Gasteiger partial charge on any atom is -0.382 e. The molecule has 30 heavy (non-hydrogen) atoms. The van der Waals surface area contributed by atoms with Gasteiger partial charge < -0.3 is 11.1 Å². The standard InChI is InChI=1S/C19H21N9OS/c20-11-15-16(24-27(18(15)21)13-5-2-1-3-6-13)7-4-10-22-17(29)12-30-19-23-25-26-28(19)14-8-9-14/h1-3,5-6,14H,4,7-10,12,21H2,(H,22,29). The first-order valence-corrected chi connectivity index (χ1v) is 10.7. The van der Waals surface area contributed by atoms with E-state index in [-0.39, 0.29) is 11.7 Å². The summed E-state index contributed by atoms with van der Waals surface area (Å²) in [4.78, 5) is 12.1. The highest BCUT2D eigenvalue weighted by Crippen LogP contribution is 2.36. The molecule has 0 unspecified atom stereocenters. The number of carbonyl (C=O) groups is 1. The summed E-state index contributed by atoms with van der Waals surface area (Å²) >= 11 is 1.33. The number of nitrogen functional groups attached to an aromatic ring is 1. The predicted octanol–water partition coefficient (Wildman–Crippen LogP) is 1.49. The van der Waals surface area contributed by atoms with Crippen molar-refractivity contribution in [1.29, 1.82) is 5.26 Å². The first-order valence-electron chi connectivity index (χ1n) is 9.67. The lowest BCUT2D eigenvalue weighted by molar-refractivity contribution is -0.118. The maximum Gasteiger partial charge on any atom is 0.230 e. The summed E-state index contributed by atoms with van der Waals surface area (Å²) in [6.07, 6.45) is 3.36. The second-order valence-electron chi connectivity index (χ2n) is 6.95. The Kier molecular flexibility index (Phi) is 5.94. The number of nitrogens with two attached hydrogens (primary N) is 1. The van der Waals surface area contributed by atoms with Gasteiger partial charge >= 0.3 is 0 Å². The van der Waals surface area contributed by atoms with E-state index < -0.39 is 0 Å². The topological polar surface area (TPSA) is 140 Å². The van der Waals surface area contributed by atoms with Crippen LogP contribution in [0.3, 0.4) is 0 Å². The fourth-order valence-corrected chi connectivity index (χ4v) is 3.81. The number of benzene rings is 1. The third kappa shape index (κ3) is 4.44. The number of thioether (sulfide) groups is 1. The number of hydrogen-bond donors (Lipinski definition) is 2. The lowest BCUT2D eigenvalue weighted by Gasteiger charge is -2.05. The number of para-hydroxylation sites is 1. The number of aryl methyl sites for hydroxylation is 1. The summed E-state index contributed by atoms with van der Waals surface area (Å²) in [5.41, 5.74) is 7.93. The largest absolute Gasteiger partial charge is 0.382 e. The summed E-state index contributed by atoms with van der Waals surface area (Å²) in [6, 6.07) is 12.0. The van der Waals surface area contributed by atoms with Crippen molar-refractivity contribution in [3.63, 3.8) is 0 Å². The molecule has 2 aromatic heterocycles. The van der Waals surface area contributed by atoms with Gasteiger partial charge in [0.15, 0.2) is 0 Å². The van der Waals surface area contributed by atoms with Crippen molar-refractivity contribution in [3.8, 4) is 11.8 Å². The van der Waals surface area contributed by atoms with Crippen LogP contribution in [0.5, 0.6) is 0 Å². The van der Waals surface area contributed by atoms with Crippen molar-refractivity contribution in [2.24, 2.45) is 0 Å². The monoisotopic (exact) mass is 423 g/mol. The molecule has 0 radical (unpaired) electrons. The molecule has 1 aliphatic carbocycles. The van der Waals surface area contributed by atoms with Crippen LogP contribution in [0.4, 0.5) is 5.82 Å².